The highest BCUT2D eigenvalue weighted by Gasteiger charge is 1.99. The predicted molar refractivity (Wildman–Crippen MR) is 57.2 cm³/mol. The van der Waals surface area contributed by atoms with E-state index in [0.29, 0.717) is 6.04 Å². The van der Waals surface area contributed by atoms with Gasteiger partial charge in [-0.2, -0.15) is 0 Å². The SMILES string of the molecule is CCC(C)Nc1cccc(NC)n1. The van der Waals surface area contributed by atoms with Crippen LogP contribution in [0.15, 0.2) is 18.2 Å². The van der Waals surface area contributed by atoms with Crippen LogP contribution >= 0.6 is 0 Å². The van der Waals surface area contributed by atoms with Crippen LogP contribution in [0.3, 0.4) is 0 Å². The van der Waals surface area contributed by atoms with E-state index in [9.17, 15) is 0 Å². The van der Waals surface area contributed by atoms with Crippen LogP contribution in [0.2, 0.25) is 0 Å². The molecule has 1 aromatic rings. The second-order valence-corrected chi connectivity index (χ2v) is 3.11. The molecule has 0 bridgehead atoms. The zero-order valence-electron chi connectivity index (χ0n) is 8.46. The molecule has 1 heterocycles. The summed E-state index contributed by atoms with van der Waals surface area (Å²) < 4.78 is 0. The van der Waals surface area contributed by atoms with E-state index >= 15 is 0 Å². The minimum absolute atomic E-state index is 0.472. The maximum atomic E-state index is 4.36. The molecule has 0 saturated carbocycles. The van der Waals surface area contributed by atoms with Crippen LogP contribution in [0.4, 0.5) is 11.6 Å². The molecule has 0 aliphatic rings. The predicted octanol–water partition coefficient (Wildman–Crippen LogP) is 2.33. The first kappa shape index (κ1) is 9.84. The lowest BCUT2D eigenvalue weighted by Gasteiger charge is -2.12. The molecule has 0 aliphatic carbocycles. The van der Waals surface area contributed by atoms with Gasteiger partial charge in [0.05, 0.1) is 0 Å². The van der Waals surface area contributed by atoms with E-state index in [1.807, 2.05) is 25.2 Å². The minimum Gasteiger partial charge on any atom is -0.373 e. The lowest BCUT2D eigenvalue weighted by molar-refractivity contribution is 0.759. The Kier molecular flexibility index (Phi) is 3.55. The maximum absolute atomic E-state index is 4.36. The van der Waals surface area contributed by atoms with E-state index in [2.05, 4.69) is 29.5 Å². The molecular formula is C10H17N3. The number of nitrogens with zero attached hydrogens (tertiary/aromatic N) is 1. The molecule has 1 unspecified atom stereocenters. The van der Waals surface area contributed by atoms with Gasteiger partial charge in [0.25, 0.3) is 0 Å². The lowest BCUT2D eigenvalue weighted by Crippen LogP contribution is -2.14. The molecule has 1 atom stereocenters. The Morgan fingerprint density at radius 2 is 2.08 bits per heavy atom. The fourth-order valence-corrected chi connectivity index (χ4v) is 1.01. The van der Waals surface area contributed by atoms with Gasteiger partial charge in [-0.25, -0.2) is 4.98 Å². The Labute approximate surface area is 79.6 Å². The average molecular weight is 179 g/mol. The van der Waals surface area contributed by atoms with Gasteiger partial charge in [-0.3, -0.25) is 0 Å². The van der Waals surface area contributed by atoms with Crippen molar-refractivity contribution in [2.45, 2.75) is 26.3 Å². The first-order valence-electron chi connectivity index (χ1n) is 4.67. The molecule has 3 nitrogen and oxygen atoms in total. The van der Waals surface area contributed by atoms with Crippen LogP contribution in [0, 0.1) is 0 Å². The third-order valence-corrected chi connectivity index (χ3v) is 2.01. The molecular weight excluding hydrogens is 162 g/mol. The fraction of sp³-hybridized carbons (Fsp3) is 0.500. The number of aromatic nitrogens is 1. The zero-order chi connectivity index (χ0) is 9.68. The summed E-state index contributed by atoms with van der Waals surface area (Å²) in [6.07, 6.45) is 1.10. The quantitative estimate of drug-likeness (QED) is 0.745. The fourth-order valence-electron chi connectivity index (χ4n) is 1.01. The van der Waals surface area contributed by atoms with Crippen molar-refractivity contribution < 1.29 is 0 Å². The number of hydrogen-bond donors (Lipinski definition) is 2. The van der Waals surface area contributed by atoms with Gasteiger partial charge >= 0.3 is 0 Å². The first-order chi connectivity index (χ1) is 6.26. The molecule has 0 radical (unpaired) electrons. The third kappa shape index (κ3) is 2.93. The lowest BCUT2D eigenvalue weighted by atomic mass is 10.2. The van der Waals surface area contributed by atoms with Crippen molar-refractivity contribution in [3.05, 3.63) is 18.2 Å². The number of anilines is 2. The van der Waals surface area contributed by atoms with Crippen LogP contribution in [0.5, 0.6) is 0 Å². The summed E-state index contributed by atoms with van der Waals surface area (Å²) in [5.41, 5.74) is 0. The Hall–Kier alpha value is -1.25. The molecule has 1 aromatic heterocycles. The molecule has 0 aliphatic heterocycles. The summed E-state index contributed by atoms with van der Waals surface area (Å²) in [5, 5.41) is 6.32. The van der Waals surface area contributed by atoms with Crippen molar-refractivity contribution in [1.82, 2.24) is 4.98 Å². The standard InChI is InChI=1S/C10H17N3/c1-4-8(2)12-10-7-5-6-9(11-3)13-10/h5-8H,4H2,1-3H3,(H2,11,12,13). The molecule has 1 rings (SSSR count). The smallest absolute Gasteiger partial charge is 0.128 e. The highest BCUT2D eigenvalue weighted by atomic mass is 15.1. The Morgan fingerprint density at radius 1 is 1.38 bits per heavy atom. The topological polar surface area (TPSA) is 37.0 Å². The zero-order valence-corrected chi connectivity index (χ0v) is 8.46. The first-order valence-corrected chi connectivity index (χ1v) is 4.67. The number of pyridine rings is 1. The van der Waals surface area contributed by atoms with E-state index in [1.54, 1.807) is 0 Å². The van der Waals surface area contributed by atoms with Crippen molar-refractivity contribution >= 4 is 11.6 Å². The van der Waals surface area contributed by atoms with Crippen LogP contribution in [0.1, 0.15) is 20.3 Å². The Morgan fingerprint density at radius 3 is 2.69 bits per heavy atom. The molecule has 0 amide bonds. The van der Waals surface area contributed by atoms with Crippen molar-refractivity contribution in [3.63, 3.8) is 0 Å². The summed E-state index contributed by atoms with van der Waals surface area (Å²) in [4.78, 5) is 4.36. The highest BCUT2D eigenvalue weighted by Crippen LogP contribution is 2.10. The molecule has 0 spiro atoms. The molecule has 0 saturated heterocycles. The van der Waals surface area contributed by atoms with Gasteiger partial charge < -0.3 is 10.6 Å². The van der Waals surface area contributed by atoms with Crippen molar-refractivity contribution in [3.8, 4) is 0 Å². The number of nitrogens with one attached hydrogen (secondary N) is 2. The minimum atomic E-state index is 0.472. The molecule has 3 heteroatoms. The van der Waals surface area contributed by atoms with Crippen LogP contribution < -0.4 is 10.6 Å². The van der Waals surface area contributed by atoms with Gasteiger partial charge in [-0.1, -0.05) is 13.0 Å². The van der Waals surface area contributed by atoms with E-state index < -0.39 is 0 Å². The van der Waals surface area contributed by atoms with Crippen LogP contribution in [0.25, 0.3) is 0 Å². The van der Waals surface area contributed by atoms with Gasteiger partial charge in [0.2, 0.25) is 0 Å². The second kappa shape index (κ2) is 4.70. The van der Waals surface area contributed by atoms with E-state index in [0.717, 1.165) is 18.1 Å². The molecule has 2 N–H and O–H groups in total. The molecule has 72 valence electrons. The van der Waals surface area contributed by atoms with Crippen LogP contribution in [-0.4, -0.2) is 18.1 Å². The molecule has 0 fully saturated rings. The maximum Gasteiger partial charge on any atom is 0.128 e. The van der Waals surface area contributed by atoms with Gasteiger partial charge in [-0.05, 0) is 25.5 Å². The summed E-state index contributed by atoms with van der Waals surface area (Å²) in [5.74, 6) is 1.83. The Bertz CT molecular complexity index is 260. The summed E-state index contributed by atoms with van der Waals surface area (Å²) in [7, 11) is 1.87. The van der Waals surface area contributed by atoms with Crippen molar-refractivity contribution in [1.29, 1.82) is 0 Å². The van der Waals surface area contributed by atoms with Crippen molar-refractivity contribution in [2.24, 2.45) is 0 Å². The van der Waals surface area contributed by atoms with Gasteiger partial charge in [0, 0.05) is 13.1 Å². The molecule has 13 heavy (non-hydrogen) atoms. The van der Waals surface area contributed by atoms with E-state index in [1.165, 1.54) is 0 Å². The summed E-state index contributed by atoms with van der Waals surface area (Å²) in [6, 6.07) is 6.39. The summed E-state index contributed by atoms with van der Waals surface area (Å²) >= 11 is 0. The second-order valence-electron chi connectivity index (χ2n) is 3.11. The van der Waals surface area contributed by atoms with Crippen molar-refractivity contribution in [2.75, 3.05) is 17.7 Å². The van der Waals surface area contributed by atoms with Crippen LogP contribution in [-0.2, 0) is 0 Å². The average Bonchev–Trinajstić information content (AvgIpc) is 2.18. The number of rotatable bonds is 4. The monoisotopic (exact) mass is 179 g/mol. The largest absolute Gasteiger partial charge is 0.373 e. The molecule has 0 aromatic carbocycles. The third-order valence-electron chi connectivity index (χ3n) is 2.01. The normalized spacial score (nSPS) is 12.2. The van der Waals surface area contributed by atoms with E-state index in [-0.39, 0.29) is 0 Å². The Balaban J connectivity index is 2.66. The number of hydrogen-bond acceptors (Lipinski definition) is 3. The van der Waals surface area contributed by atoms with E-state index in [4.69, 9.17) is 0 Å². The van der Waals surface area contributed by atoms with Gasteiger partial charge in [-0.15, -0.1) is 0 Å². The highest BCUT2D eigenvalue weighted by molar-refractivity contribution is 5.44. The van der Waals surface area contributed by atoms with Gasteiger partial charge in [0.15, 0.2) is 0 Å². The van der Waals surface area contributed by atoms with Gasteiger partial charge in [0.1, 0.15) is 11.6 Å². The summed E-state index contributed by atoms with van der Waals surface area (Å²) in [6.45, 7) is 4.30.